The van der Waals surface area contributed by atoms with Gasteiger partial charge in [-0.3, -0.25) is 37.3 Å². The summed E-state index contributed by atoms with van der Waals surface area (Å²) in [7, 11) is -9.90. The molecule has 0 aliphatic heterocycles. The Morgan fingerprint density at radius 2 is 0.560 bits per heavy atom. The maximum atomic E-state index is 13.0. The maximum absolute atomic E-state index is 13.0. The van der Waals surface area contributed by atoms with Crippen LogP contribution in [-0.2, 0) is 65.4 Å². The van der Waals surface area contributed by atoms with Gasteiger partial charge in [0.1, 0.15) is 19.3 Å². The van der Waals surface area contributed by atoms with Crippen LogP contribution >= 0.6 is 15.6 Å². The first-order valence-electron chi connectivity index (χ1n) is 37.5. The first-order chi connectivity index (χ1) is 43.9. The average Bonchev–Trinajstić information content (AvgIpc) is 3.55. The van der Waals surface area contributed by atoms with Crippen molar-refractivity contribution >= 4 is 39.5 Å². The number of ether oxygens (including phenoxy) is 4. The molecule has 0 bridgehead atoms. The highest BCUT2D eigenvalue weighted by Crippen LogP contribution is 2.45. The molecular weight excluding hydrogens is 1200 g/mol. The van der Waals surface area contributed by atoms with E-state index in [4.69, 9.17) is 37.0 Å². The number of hydrogen-bond donors (Lipinski definition) is 3. The third-order valence-corrected chi connectivity index (χ3v) is 19.0. The molecule has 19 heteroatoms. The van der Waals surface area contributed by atoms with Crippen molar-refractivity contribution in [3.63, 3.8) is 0 Å². The van der Waals surface area contributed by atoms with E-state index in [1.807, 2.05) is 0 Å². The Kier molecular flexibility index (Phi) is 62.7. The second-order valence-electron chi connectivity index (χ2n) is 26.7. The molecule has 540 valence electrons. The van der Waals surface area contributed by atoms with Crippen LogP contribution in [0.15, 0.2) is 0 Å². The normalized spacial score (nSPS) is 14.4. The predicted molar refractivity (Wildman–Crippen MR) is 368 cm³/mol. The third kappa shape index (κ3) is 65.1. The summed E-state index contributed by atoms with van der Waals surface area (Å²) in [4.78, 5) is 72.5. The summed E-state index contributed by atoms with van der Waals surface area (Å²) >= 11 is 0. The number of hydrogen-bond acceptors (Lipinski definition) is 15. The molecule has 0 rings (SSSR count). The first kappa shape index (κ1) is 89.1. The standard InChI is InChI=1S/C72H140O17P2/c1-7-10-12-14-16-18-19-20-21-22-23-24-25-26-27-28-30-38-44-50-56-71(76)88-67(60-83-70(75)55-49-43-37-32-31-35-41-47-53-65(6)9-3)62-86-90(78,79)84-58-66(73)59-85-91(80,81)87-63-68(61-82-69(74)54-48-42-36-29-17-15-13-11-8-2)89-72(77)57-51-45-39-33-34-40-46-52-64(4)5/h64-68,73H,7-63H2,1-6H3,(H,78,79)(H,80,81)/t65?,66-,67-,68-/m1/s1. The Hall–Kier alpha value is -1.94. The lowest BCUT2D eigenvalue weighted by molar-refractivity contribution is -0.161. The summed E-state index contributed by atoms with van der Waals surface area (Å²) in [6.07, 6.45) is 50.1. The molecule has 0 heterocycles. The van der Waals surface area contributed by atoms with E-state index < -0.39 is 97.5 Å². The Labute approximate surface area is 556 Å². The lowest BCUT2D eigenvalue weighted by Crippen LogP contribution is -2.30. The molecule has 3 N–H and O–H groups in total. The molecule has 0 aliphatic rings. The molecule has 0 aromatic carbocycles. The zero-order chi connectivity index (χ0) is 67.2. The van der Waals surface area contributed by atoms with Crippen LogP contribution in [0.4, 0.5) is 0 Å². The van der Waals surface area contributed by atoms with E-state index in [9.17, 15) is 43.2 Å². The number of carbonyl (C=O) groups is 4. The number of esters is 4. The molecule has 17 nitrogen and oxygen atoms in total. The molecule has 0 aliphatic carbocycles. The van der Waals surface area contributed by atoms with Gasteiger partial charge in [-0.05, 0) is 37.5 Å². The molecule has 0 amide bonds. The van der Waals surface area contributed by atoms with Gasteiger partial charge in [0.05, 0.1) is 26.4 Å². The molecule has 3 unspecified atom stereocenters. The maximum Gasteiger partial charge on any atom is 0.472 e. The summed E-state index contributed by atoms with van der Waals surface area (Å²) in [5.74, 6) is -0.653. The van der Waals surface area contributed by atoms with Gasteiger partial charge in [-0.2, -0.15) is 0 Å². The quantitative estimate of drug-likeness (QED) is 0.0222. The van der Waals surface area contributed by atoms with Crippen molar-refractivity contribution in [2.75, 3.05) is 39.6 Å². The molecule has 6 atom stereocenters. The molecule has 0 aromatic heterocycles. The molecule has 0 fully saturated rings. The molecule has 0 saturated heterocycles. The highest BCUT2D eigenvalue weighted by molar-refractivity contribution is 7.47. The van der Waals surface area contributed by atoms with Gasteiger partial charge in [0, 0.05) is 25.7 Å². The number of rotatable bonds is 71. The second kappa shape index (κ2) is 64.1. The van der Waals surface area contributed by atoms with E-state index in [0.717, 1.165) is 95.8 Å². The van der Waals surface area contributed by atoms with Crippen molar-refractivity contribution in [2.45, 2.75) is 387 Å². The summed E-state index contributed by atoms with van der Waals surface area (Å²) < 4.78 is 68.3. The van der Waals surface area contributed by atoms with Crippen LogP contribution in [0, 0.1) is 11.8 Å². The summed E-state index contributed by atoms with van der Waals surface area (Å²) in [6.45, 7) is 9.48. The van der Waals surface area contributed by atoms with Gasteiger partial charge in [0.2, 0.25) is 0 Å². The smallest absolute Gasteiger partial charge is 0.462 e. The number of aliphatic hydroxyl groups excluding tert-OH is 1. The molecule has 0 saturated carbocycles. The highest BCUT2D eigenvalue weighted by Gasteiger charge is 2.30. The Morgan fingerprint density at radius 3 is 0.835 bits per heavy atom. The molecule has 0 spiro atoms. The summed E-state index contributed by atoms with van der Waals surface area (Å²) in [6, 6.07) is 0. The first-order valence-corrected chi connectivity index (χ1v) is 40.5. The van der Waals surface area contributed by atoms with E-state index in [1.165, 1.54) is 186 Å². The van der Waals surface area contributed by atoms with Crippen molar-refractivity contribution < 1.29 is 80.2 Å². The molecular formula is C72H140O17P2. The lowest BCUT2D eigenvalue weighted by atomic mass is 9.99. The van der Waals surface area contributed by atoms with Crippen molar-refractivity contribution in [1.82, 2.24) is 0 Å². The van der Waals surface area contributed by atoms with Crippen LogP contribution in [0.1, 0.15) is 369 Å². The Bertz CT molecular complexity index is 1770. The van der Waals surface area contributed by atoms with Gasteiger partial charge >= 0.3 is 39.5 Å². The summed E-state index contributed by atoms with van der Waals surface area (Å²) in [5.41, 5.74) is 0. The minimum atomic E-state index is -4.95. The SMILES string of the molecule is CCCCCCCCCCCCCCCCCCCCCCC(=O)O[C@H](COC(=O)CCCCCCCCCCC(C)CC)COP(=O)(O)OC[C@@H](O)COP(=O)(O)OC[C@@H](COC(=O)CCCCCCCCCCC)OC(=O)CCCCCCCCCC(C)C. The zero-order valence-corrected chi connectivity index (χ0v) is 60.9. The predicted octanol–water partition coefficient (Wildman–Crippen LogP) is 20.8. The Morgan fingerprint density at radius 1 is 0.319 bits per heavy atom. The van der Waals surface area contributed by atoms with Gasteiger partial charge in [-0.15, -0.1) is 0 Å². The van der Waals surface area contributed by atoms with Crippen LogP contribution in [0.2, 0.25) is 0 Å². The van der Waals surface area contributed by atoms with E-state index in [0.29, 0.717) is 31.6 Å². The topological polar surface area (TPSA) is 237 Å². The lowest BCUT2D eigenvalue weighted by Gasteiger charge is -2.21. The largest absolute Gasteiger partial charge is 0.472 e. The van der Waals surface area contributed by atoms with E-state index in [-0.39, 0.29) is 25.7 Å². The highest BCUT2D eigenvalue weighted by atomic mass is 31.2. The number of phosphoric ester groups is 2. The zero-order valence-electron chi connectivity index (χ0n) is 59.1. The van der Waals surface area contributed by atoms with E-state index in [2.05, 4.69) is 41.5 Å². The van der Waals surface area contributed by atoms with Crippen molar-refractivity contribution in [1.29, 1.82) is 0 Å². The molecule has 0 aromatic rings. The monoisotopic (exact) mass is 1340 g/mol. The summed E-state index contributed by atoms with van der Waals surface area (Å²) in [5, 5.41) is 10.6. The van der Waals surface area contributed by atoms with Crippen molar-refractivity contribution in [2.24, 2.45) is 11.8 Å². The van der Waals surface area contributed by atoms with Gasteiger partial charge in [-0.25, -0.2) is 9.13 Å². The minimum Gasteiger partial charge on any atom is -0.462 e. The minimum absolute atomic E-state index is 0.103. The fourth-order valence-corrected chi connectivity index (χ4v) is 12.5. The average molecular weight is 1340 g/mol. The van der Waals surface area contributed by atoms with Gasteiger partial charge < -0.3 is 33.8 Å². The van der Waals surface area contributed by atoms with Crippen LogP contribution in [0.25, 0.3) is 0 Å². The number of unbranched alkanes of at least 4 members (excludes halogenated alkanes) is 40. The van der Waals surface area contributed by atoms with Gasteiger partial charge in [0.15, 0.2) is 12.2 Å². The molecule has 0 radical (unpaired) electrons. The van der Waals surface area contributed by atoms with Crippen molar-refractivity contribution in [3.05, 3.63) is 0 Å². The van der Waals surface area contributed by atoms with E-state index >= 15 is 0 Å². The Balaban J connectivity index is 5.18. The fourth-order valence-electron chi connectivity index (χ4n) is 10.9. The van der Waals surface area contributed by atoms with Crippen LogP contribution < -0.4 is 0 Å². The van der Waals surface area contributed by atoms with E-state index in [1.54, 1.807) is 0 Å². The van der Waals surface area contributed by atoms with Crippen LogP contribution in [-0.4, -0.2) is 96.7 Å². The van der Waals surface area contributed by atoms with Crippen LogP contribution in [0.3, 0.4) is 0 Å². The van der Waals surface area contributed by atoms with Crippen molar-refractivity contribution in [3.8, 4) is 0 Å². The number of carbonyl (C=O) groups excluding carboxylic acids is 4. The third-order valence-electron chi connectivity index (χ3n) is 17.1. The number of aliphatic hydroxyl groups is 1. The second-order valence-corrected chi connectivity index (χ2v) is 29.6. The van der Waals surface area contributed by atoms with Crippen LogP contribution in [0.5, 0.6) is 0 Å². The molecule has 91 heavy (non-hydrogen) atoms. The van der Waals surface area contributed by atoms with Gasteiger partial charge in [0.25, 0.3) is 0 Å². The number of phosphoric acid groups is 2. The van der Waals surface area contributed by atoms with Gasteiger partial charge in [-0.1, -0.05) is 318 Å². The fraction of sp³-hybridized carbons (Fsp3) is 0.944.